The van der Waals surface area contributed by atoms with E-state index in [-0.39, 0.29) is 5.41 Å². The zero-order valence-corrected chi connectivity index (χ0v) is 11.3. The molecule has 90 valence electrons. The Morgan fingerprint density at radius 2 is 1.94 bits per heavy atom. The smallest absolute Gasteiger partial charge is 0.346 e. The van der Waals surface area contributed by atoms with E-state index in [9.17, 15) is 4.79 Å². The first-order valence-electron chi connectivity index (χ1n) is 5.57. The van der Waals surface area contributed by atoms with E-state index in [0.29, 0.717) is 4.88 Å². The number of hydrogen-bond donors (Lipinski definition) is 1. The molecular formula is C14H16O2S. The van der Waals surface area contributed by atoms with Crippen LogP contribution in [-0.4, -0.2) is 11.1 Å². The summed E-state index contributed by atoms with van der Waals surface area (Å²) in [5.41, 5.74) is 2.21. The zero-order valence-electron chi connectivity index (χ0n) is 10.5. The van der Waals surface area contributed by atoms with Gasteiger partial charge in [-0.25, -0.2) is 4.79 Å². The number of benzene rings is 1. The molecule has 1 aromatic heterocycles. The highest BCUT2D eigenvalue weighted by molar-refractivity contribution is 7.21. The Morgan fingerprint density at radius 1 is 1.29 bits per heavy atom. The van der Waals surface area contributed by atoms with Crippen molar-refractivity contribution in [1.82, 2.24) is 0 Å². The van der Waals surface area contributed by atoms with Crippen molar-refractivity contribution in [3.05, 3.63) is 34.2 Å². The minimum Gasteiger partial charge on any atom is -0.477 e. The average molecular weight is 248 g/mol. The number of aryl methyl sites for hydroxylation is 1. The summed E-state index contributed by atoms with van der Waals surface area (Å²) in [6, 6.07) is 6.23. The predicted molar refractivity (Wildman–Crippen MR) is 72.2 cm³/mol. The Kier molecular flexibility index (Phi) is 2.74. The van der Waals surface area contributed by atoms with E-state index < -0.39 is 5.97 Å². The maximum Gasteiger partial charge on any atom is 0.346 e. The van der Waals surface area contributed by atoms with Crippen LogP contribution in [0.4, 0.5) is 0 Å². The normalized spacial score (nSPS) is 12.0. The molecule has 0 saturated carbocycles. The Balaban J connectivity index is 2.70. The van der Waals surface area contributed by atoms with E-state index >= 15 is 0 Å². The molecule has 3 heteroatoms. The van der Waals surface area contributed by atoms with Gasteiger partial charge < -0.3 is 5.11 Å². The molecule has 0 saturated heterocycles. The molecule has 0 atom stereocenters. The van der Waals surface area contributed by atoms with Gasteiger partial charge in [-0.1, -0.05) is 26.8 Å². The van der Waals surface area contributed by atoms with E-state index in [1.165, 1.54) is 16.9 Å². The summed E-state index contributed by atoms with van der Waals surface area (Å²) in [4.78, 5) is 11.5. The molecule has 0 fully saturated rings. The molecule has 0 aliphatic rings. The molecule has 0 aliphatic carbocycles. The van der Waals surface area contributed by atoms with Crippen molar-refractivity contribution in [2.45, 2.75) is 33.1 Å². The van der Waals surface area contributed by atoms with Gasteiger partial charge in [0, 0.05) is 4.70 Å². The molecule has 1 heterocycles. The highest BCUT2D eigenvalue weighted by Gasteiger charge is 2.18. The number of carboxylic acids is 1. The van der Waals surface area contributed by atoms with Crippen molar-refractivity contribution >= 4 is 27.4 Å². The van der Waals surface area contributed by atoms with Crippen LogP contribution in [0.15, 0.2) is 18.2 Å². The summed E-state index contributed by atoms with van der Waals surface area (Å²) in [7, 11) is 0. The van der Waals surface area contributed by atoms with E-state index in [2.05, 4.69) is 32.9 Å². The van der Waals surface area contributed by atoms with Crippen LogP contribution in [0, 0.1) is 6.92 Å². The minimum atomic E-state index is -0.832. The Bertz CT molecular complexity index is 588. The van der Waals surface area contributed by atoms with Crippen molar-refractivity contribution < 1.29 is 9.90 Å². The molecule has 0 bridgehead atoms. The second-order valence-corrected chi connectivity index (χ2v) is 6.37. The molecule has 1 N–H and O–H groups in total. The van der Waals surface area contributed by atoms with E-state index in [0.717, 1.165) is 15.6 Å². The third-order valence-electron chi connectivity index (χ3n) is 3.00. The lowest BCUT2D eigenvalue weighted by Crippen LogP contribution is -2.10. The van der Waals surface area contributed by atoms with Gasteiger partial charge in [0.05, 0.1) is 0 Å². The molecule has 0 spiro atoms. The van der Waals surface area contributed by atoms with Gasteiger partial charge in [-0.2, -0.15) is 0 Å². The number of hydrogen-bond acceptors (Lipinski definition) is 2. The van der Waals surface area contributed by atoms with Crippen LogP contribution in [0.3, 0.4) is 0 Å². The largest absolute Gasteiger partial charge is 0.477 e. The van der Waals surface area contributed by atoms with Crippen LogP contribution < -0.4 is 0 Å². The second-order valence-electron chi connectivity index (χ2n) is 5.32. The number of fused-ring (bicyclic) bond motifs is 1. The number of thiophene rings is 1. The van der Waals surface area contributed by atoms with Crippen LogP contribution in [0.2, 0.25) is 0 Å². The topological polar surface area (TPSA) is 37.3 Å². The van der Waals surface area contributed by atoms with E-state index in [1.54, 1.807) is 0 Å². The number of aromatic carboxylic acids is 1. The Labute approximate surface area is 105 Å². The third kappa shape index (κ3) is 2.07. The summed E-state index contributed by atoms with van der Waals surface area (Å²) >= 11 is 1.35. The minimum absolute atomic E-state index is 0.0892. The fraction of sp³-hybridized carbons (Fsp3) is 0.357. The first kappa shape index (κ1) is 12.1. The quantitative estimate of drug-likeness (QED) is 0.821. The van der Waals surface area contributed by atoms with Gasteiger partial charge in [0.2, 0.25) is 0 Å². The van der Waals surface area contributed by atoms with Crippen LogP contribution >= 0.6 is 11.3 Å². The molecule has 1 aromatic carbocycles. The molecule has 0 radical (unpaired) electrons. The molecule has 0 unspecified atom stereocenters. The lowest BCUT2D eigenvalue weighted by molar-refractivity contribution is 0.0701. The highest BCUT2D eigenvalue weighted by Crippen LogP contribution is 2.34. The van der Waals surface area contributed by atoms with Crippen molar-refractivity contribution in [3.8, 4) is 0 Å². The van der Waals surface area contributed by atoms with Gasteiger partial charge in [-0.3, -0.25) is 0 Å². The standard InChI is InChI=1S/C14H16O2S/c1-8-10-7-9(14(2,3)4)5-6-11(10)17-12(8)13(15)16/h5-7H,1-4H3,(H,15,16). The number of rotatable bonds is 1. The van der Waals surface area contributed by atoms with Gasteiger partial charge in [-0.15, -0.1) is 11.3 Å². The second kappa shape index (κ2) is 3.84. The Hall–Kier alpha value is -1.35. The van der Waals surface area contributed by atoms with Gasteiger partial charge >= 0.3 is 5.97 Å². The summed E-state index contributed by atoms with van der Waals surface area (Å²) in [6.07, 6.45) is 0. The summed E-state index contributed by atoms with van der Waals surface area (Å²) in [5.74, 6) is -0.832. The molecular weight excluding hydrogens is 232 g/mol. The van der Waals surface area contributed by atoms with E-state index in [1.807, 2.05) is 13.0 Å². The highest BCUT2D eigenvalue weighted by atomic mass is 32.1. The maximum atomic E-state index is 11.1. The first-order valence-corrected chi connectivity index (χ1v) is 6.39. The zero-order chi connectivity index (χ0) is 12.8. The molecule has 2 nitrogen and oxygen atoms in total. The number of carbonyl (C=O) groups is 1. The van der Waals surface area contributed by atoms with Crippen LogP contribution in [0.5, 0.6) is 0 Å². The van der Waals surface area contributed by atoms with Gasteiger partial charge in [0.1, 0.15) is 4.88 Å². The van der Waals surface area contributed by atoms with E-state index in [4.69, 9.17) is 5.11 Å². The van der Waals surface area contributed by atoms with Gasteiger partial charge in [0.25, 0.3) is 0 Å². The summed E-state index contributed by atoms with van der Waals surface area (Å²) in [5, 5.41) is 10.2. The van der Waals surface area contributed by atoms with Crippen molar-refractivity contribution in [2.75, 3.05) is 0 Å². The molecule has 0 aliphatic heterocycles. The molecule has 2 rings (SSSR count). The average Bonchev–Trinajstić information content (AvgIpc) is 2.54. The van der Waals surface area contributed by atoms with Crippen LogP contribution in [-0.2, 0) is 5.41 Å². The molecule has 2 aromatic rings. The first-order chi connectivity index (χ1) is 7.80. The molecule has 0 amide bonds. The third-order valence-corrected chi connectivity index (χ3v) is 4.26. The van der Waals surface area contributed by atoms with Crippen LogP contribution in [0.25, 0.3) is 10.1 Å². The monoisotopic (exact) mass is 248 g/mol. The maximum absolute atomic E-state index is 11.1. The molecule has 17 heavy (non-hydrogen) atoms. The Morgan fingerprint density at radius 3 is 2.47 bits per heavy atom. The SMILES string of the molecule is Cc1c(C(=O)O)sc2ccc(C(C)(C)C)cc12. The lowest BCUT2D eigenvalue weighted by Gasteiger charge is -2.18. The van der Waals surface area contributed by atoms with Gasteiger partial charge in [0.15, 0.2) is 0 Å². The van der Waals surface area contributed by atoms with Crippen molar-refractivity contribution in [3.63, 3.8) is 0 Å². The predicted octanol–water partition coefficient (Wildman–Crippen LogP) is 4.21. The van der Waals surface area contributed by atoms with Crippen LogP contribution in [0.1, 0.15) is 41.6 Å². The van der Waals surface area contributed by atoms with Crippen molar-refractivity contribution in [1.29, 1.82) is 0 Å². The van der Waals surface area contributed by atoms with Crippen molar-refractivity contribution in [2.24, 2.45) is 0 Å². The fourth-order valence-corrected chi connectivity index (χ4v) is 2.92. The lowest BCUT2D eigenvalue weighted by atomic mass is 9.86. The summed E-state index contributed by atoms with van der Waals surface area (Å²) in [6.45, 7) is 8.37. The fourth-order valence-electron chi connectivity index (χ4n) is 1.89. The van der Waals surface area contributed by atoms with Gasteiger partial charge in [-0.05, 0) is 41.0 Å². The summed E-state index contributed by atoms with van der Waals surface area (Å²) < 4.78 is 1.05. The number of carboxylic acid groups (broad SMARTS) is 1.